The quantitative estimate of drug-likeness (QED) is 0.494. The van der Waals surface area contributed by atoms with Crippen molar-refractivity contribution in [1.82, 2.24) is 0 Å². The summed E-state index contributed by atoms with van der Waals surface area (Å²) in [6, 6.07) is 22.6. The fourth-order valence-corrected chi connectivity index (χ4v) is 3.09. The van der Waals surface area contributed by atoms with E-state index in [2.05, 4.69) is 4.52 Å². The largest absolute Gasteiger partial charge is 0.489 e. The van der Waals surface area contributed by atoms with Crippen LogP contribution in [0, 0.1) is 0 Å². The van der Waals surface area contributed by atoms with E-state index in [1.165, 1.54) is 0 Å². The van der Waals surface area contributed by atoms with E-state index in [9.17, 15) is 9.67 Å². The molecule has 0 spiro atoms. The van der Waals surface area contributed by atoms with Gasteiger partial charge in [-0.15, -0.1) is 0 Å². The standard InChI is InChI=1S/C21H21O6P/c22-13-17-9-18(15-27-28(23,24)25)11-20(10-17)19-7-4-8-21(12-19)26-14-16-5-2-1-3-6-16/h1-12,22H,13-15H2,(H2,23,24,25). The Morgan fingerprint density at radius 1 is 0.750 bits per heavy atom. The summed E-state index contributed by atoms with van der Waals surface area (Å²) in [4.78, 5) is 17.8. The lowest BCUT2D eigenvalue weighted by Gasteiger charge is -2.12. The Morgan fingerprint density at radius 3 is 2.21 bits per heavy atom. The molecule has 3 N–H and O–H groups in total. The molecule has 3 aromatic carbocycles. The van der Waals surface area contributed by atoms with Crippen LogP contribution in [0.1, 0.15) is 16.7 Å². The summed E-state index contributed by atoms with van der Waals surface area (Å²) in [5.41, 5.74) is 3.89. The summed E-state index contributed by atoms with van der Waals surface area (Å²) < 4.78 is 21.4. The van der Waals surface area contributed by atoms with Crippen LogP contribution in [0.25, 0.3) is 11.1 Å². The molecule has 0 saturated carbocycles. The normalized spacial score (nSPS) is 11.4. The molecule has 0 aliphatic heterocycles. The van der Waals surface area contributed by atoms with E-state index in [0.717, 1.165) is 16.7 Å². The Balaban J connectivity index is 1.81. The van der Waals surface area contributed by atoms with E-state index in [1.807, 2.05) is 60.7 Å². The molecule has 0 aliphatic carbocycles. The van der Waals surface area contributed by atoms with Crippen molar-refractivity contribution in [2.24, 2.45) is 0 Å². The van der Waals surface area contributed by atoms with Gasteiger partial charge in [-0.05, 0) is 52.1 Å². The van der Waals surface area contributed by atoms with Crippen LogP contribution in [0.3, 0.4) is 0 Å². The maximum atomic E-state index is 11.0. The first-order valence-corrected chi connectivity index (χ1v) is 10.2. The molecule has 3 aromatic rings. The van der Waals surface area contributed by atoms with Crippen LogP contribution in [0.4, 0.5) is 0 Å². The van der Waals surface area contributed by atoms with Gasteiger partial charge < -0.3 is 19.6 Å². The molecule has 146 valence electrons. The van der Waals surface area contributed by atoms with Gasteiger partial charge in [-0.3, -0.25) is 4.52 Å². The smallest absolute Gasteiger partial charge is 0.469 e. The molecule has 3 rings (SSSR count). The van der Waals surface area contributed by atoms with Gasteiger partial charge in [0, 0.05) is 0 Å². The minimum Gasteiger partial charge on any atom is -0.489 e. The summed E-state index contributed by atoms with van der Waals surface area (Å²) >= 11 is 0. The molecule has 0 saturated heterocycles. The highest BCUT2D eigenvalue weighted by Gasteiger charge is 2.14. The minimum absolute atomic E-state index is 0.194. The lowest BCUT2D eigenvalue weighted by atomic mass is 10.00. The van der Waals surface area contributed by atoms with Crippen LogP contribution < -0.4 is 4.74 Å². The SMILES string of the molecule is O=P(O)(O)OCc1cc(CO)cc(-c2cccc(OCc3ccccc3)c2)c1. The average Bonchev–Trinajstić information content (AvgIpc) is 2.71. The molecule has 6 nitrogen and oxygen atoms in total. The molecule has 0 amide bonds. The fourth-order valence-electron chi connectivity index (χ4n) is 2.77. The van der Waals surface area contributed by atoms with Crippen molar-refractivity contribution >= 4 is 7.82 Å². The third-order valence-electron chi connectivity index (χ3n) is 4.05. The summed E-state index contributed by atoms with van der Waals surface area (Å²) in [6.07, 6.45) is 0. The van der Waals surface area contributed by atoms with E-state index in [-0.39, 0.29) is 13.2 Å². The fraction of sp³-hybridized carbons (Fsp3) is 0.143. The zero-order valence-corrected chi connectivity index (χ0v) is 16.0. The van der Waals surface area contributed by atoms with Gasteiger partial charge in [0.25, 0.3) is 0 Å². The number of benzene rings is 3. The van der Waals surface area contributed by atoms with Crippen molar-refractivity contribution in [1.29, 1.82) is 0 Å². The van der Waals surface area contributed by atoms with Crippen LogP contribution in [0.15, 0.2) is 72.8 Å². The Morgan fingerprint density at radius 2 is 1.50 bits per heavy atom. The van der Waals surface area contributed by atoms with Gasteiger partial charge in [0.1, 0.15) is 12.4 Å². The molecule has 0 atom stereocenters. The Bertz CT molecular complexity index is 968. The van der Waals surface area contributed by atoms with Crippen LogP contribution in [0.2, 0.25) is 0 Å². The van der Waals surface area contributed by atoms with Crippen molar-refractivity contribution in [2.75, 3.05) is 0 Å². The summed E-state index contributed by atoms with van der Waals surface area (Å²) in [5, 5.41) is 9.51. The van der Waals surface area contributed by atoms with Crippen LogP contribution in [0.5, 0.6) is 5.75 Å². The number of hydrogen-bond donors (Lipinski definition) is 3. The maximum Gasteiger partial charge on any atom is 0.469 e. The van der Waals surface area contributed by atoms with Crippen molar-refractivity contribution in [3.05, 3.63) is 89.5 Å². The number of phosphoric acid groups is 1. The predicted molar refractivity (Wildman–Crippen MR) is 105 cm³/mol. The number of hydrogen-bond acceptors (Lipinski definition) is 4. The highest BCUT2D eigenvalue weighted by atomic mass is 31.2. The molecule has 0 bridgehead atoms. The van der Waals surface area contributed by atoms with Crippen LogP contribution >= 0.6 is 7.82 Å². The molecule has 0 unspecified atom stereocenters. The monoisotopic (exact) mass is 400 g/mol. The topological polar surface area (TPSA) is 96.2 Å². The first kappa shape index (κ1) is 20.3. The average molecular weight is 400 g/mol. The first-order chi connectivity index (χ1) is 13.4. The number of phosphoric ester groups is 1. The van der Waals surface area contributed by atoms with E-state index < -0.39 is 7.82 Å². The second-order valence-electron chi connectivity index (χ2n) is 6.26. The molecule has 7 heteroatoms. The minimum atomic E-state index is -4.57. The summed E-state index contributed by atoms with van der Waals surface area (Å²) in [6.45, 7) is -0.00138. The zero-order chi connectivity index (χ0) is 20.0. The molecule has 0 fully saturated rings. The Labute approximate surface area is 163 Å². The van der Waals surface area contributed by atoms with E-state index in [4.69, 9.17) is 14.5 Å². The van der Waals surface area contributed by atoms with Gasteiger partial charge in [0.2, 0.25) is 0 Å². The summed E-state index contributed by atoms with van der Waals surface area (Å²) in [7, 11) is -4.57. The highest BCUT2D eigenvalue weighted by Crippen LogP contribution is 2.37. The van der Waals surface area contributed by atoms with Gasteiger partial charge >= 0.3 is 7.82 Å². The van der Waals surface area contributed by atoms with Crippen molar-refractivity contribution < 1.29 is 28.7 Å². The lowest BCUT2D eigenvalue weighted by molar-refractivity contribution is 0.189. The zero-order valence-electron chi connectivity index (χ0n) is 15.1. The predicted octanol–water partition coefficient (Wildman–Crippen LogP) is 4.03. The molecule has 0 heterocycles. The van der Waals surface area contributed by atoms with Gasteiger partial charge in [-0.25, -0.2) is 4.57 Å². The van der Waals surface area contributed by atoms with E-state index in [1.54, 1.807) is 12.1 Å². The van der Waals surface area contributed by atoms with Crippen molar-refractivity contribution in [2.45, 2.75) is 19.8 Å². The summed E-state index contributed by atoms with van der Waals surface area (Å²) in [5.74, 6) is 0.698. The number of aliphatic hydroxyl groups is 1. The van der Waals surface area contributed by atoms with Crippen LogP contribution in [-0.4, -0.2) is 14.9 Å². The third kappa shape index (κ3) is 6.02. The third-order valence-corrected chi connectivity index (χ3v) is 4.52. The van der Waals surface area contributed by atoms with Gasteiger partial charge in [-0.2, -0.15) is 0 Å². The van der Waals surface area contributed by atoms with Crippen molar-refractivity contribution in [3.8, 4) is 16.9 Å². The van der Waals surface area contributed by atoms with Crippen LogP contribution in [-0.2, 0) is 28.9 Å². The van der Waals surface area contributed by atoms with Gasteiger partial charge in [-0.1, -0.05) is 48.5 Å². The highest BCUT2D eigenvalue weighted by molar-refractivity contribution is 7.46. The molecule has 0 aliphatic rings. The lowest BCUT2D eigenvalue weighted by Crippen LogP contribution is -1.96. The number of ether oxygens (including phenoxy) is 1. The number of rotatable bonds is 8. The number of aliphatic hydroxyl groups excluding tert-OH is 1. The Hall–Kier alpha value is -2.47. The molecule has 28 heavy (non-hydrogen) atoms. The second kappa shape index (κ2) is 9.15. The first-order valence-electron chi connectivity index (χ1n) is 8.64. The molecule has 0 aromatic heterocycles. The Kier molecular flexibility index (Phi) is 6.62. The van der Waals surface area contributed by atoms with Crippen molar-refractivity contribution in [3.63, 3.8) is 0 Å². The molecular weight excluding hydrogens is 379 g/mol. The molecular formula is C21H21O6P. The second-order valence-corrected chi connectivity index (χ2v) is 7.50. The maximum absolute atomic E-state index is 11.0. The van der Waals surface area contributed by atoms with E-state index >= 15 is 0 Å². The van der Waals surface area contributed by atoms with E-state index in [0.29, 0.717) is 23.5 Å². The molecule has 0 radical (unpaired) electrons. The van der Waals surface area contributed by atoms with Gasteiger partial charge in [0.05, 0.1) is 13.2 Å². The van der Waals surface area contributed by atoms with Gasteiger partial charge in [0.15, 0.2) is 0 Å².